The van der Waals surface area contributed by atoms with Gasteiger partial charge in [-0.25, -0.2) is 0 Å². The number of rotatable bonds is 6. The molecule has 1 saturated carbocycles. The van der Waals surface area contributed by atoms with Crippen LogP contribution in [0.3, 0.4) is 0 Å². The Kier molecular flexibility index (Phi) is 4.15. The number of halogens is 2. The summed E-state index contributed by atoms with van der Waals surface area (Å²) < 4.78 is 5.54. The summed E-state index contributed by atoms with van der Waals surface area (Å²) in [6.45, 7) is 3.64. The molecule has 0 bridgehead atoms. The minimum absolute atomic E-state index is 0.0436. The summed E-state index contributed by atoms with van der Waals surface area (Å²) in [5.41, 5.74) is -0.0436. The molecule has 1 fully saturated rings. The Morgan fingerprint density at radius 3 is 2.33 bits per heavy atom. The van der Waals surface area contributed by atoms with Crippen LogP contribution in [0.25, 0.3) is 0 Å². The normalized spacial score (nSPS) is 18.2. The van der Waals surface area contributed by atoms with Crippen molar-refractivity contribution < 1.29 is 4.74 Å². The summed E-state index contributed by atoms with van der Waals surface area (Å²) >= 11 is 11.6. The Morgan fingerprint density at radius 2 is 1.92 bits per heavy atom. The fraction of sp³-hybridized carbons (Fsp3) is 1.00. The van der Waals surface area contributed by atoms with E-state index in [1.165, 1.54) is 12.8 Å². The third-order valence-corrected chi connectivity index (χ3v) is 3.44. The first-order chi connectivity index (χ1) is 5.70. The second-order valence-corrected chi connectivity index (χ2v) is 4.57. The highest BCUT2D eigenvalue weighted by Gasteiger charge is 2.25. The number of ether oxygens (including phenoxy) is 1. The molecule has 0 amide bonds. The van der Waals surface area contributed by atoms with Gasteiger partial charge in [-0.3, -0.25) is 0 Å². The molecule has 0 atom stereocenters. The monoisotopic (exact) mass is 210 g/mol. The van der Waals surface area contributed by atoms with Gasteiger partial charge in [0.25, 0.3) is 0 Å². The molecule has 1 aliphatic carbocycles. The molecule has 3 heteroatoms. The van der Waals surface area contributed by atoms with Crippen molar-refractivity contribution >= 4 is 23.2 Å². The summed E-state index contributed by atoms with van der Waals surface area (Å²) in [4.78, 5) is 0. The number of hydrogen-bond acceptors (Lipinski definition) is 1. The zero-order valence-electron chi connectivity index (χ0n) is 7.48. The van der Waals surface area contributed by atoms with Crippen LogP contribution >= 0.6 is 23.2 Å². The van der Waals surface area contributed by atoms with E-state index < -0.39 is 0 Å². The molecule has 0 N–H and O–H groups in total. The van der Waals surface area contributed by atoms with Crippen molar-refractivity contribution in [2.45, 2.75) is 19.8 Å². The van der Waals surface area contributed by atoms with Crippen molar-refractivity contribution in [3.05, 3.63) is 0 Å². The Labute approximate surface area is 84.4 Å². The first-order valence-corrected chi connectivity index (χ1v) is 5.47. The Bertz CT molecular complexity index is 130. The summed E-state index contributed by atoms with van der Waals surface area (Å²) in [6, 6.07) is 0. The molecular weight excluding hydrogens is 195 g/mol. The van der Waals surface area contributed by atoms with Gasteiger partial charge in [0.15, 0.2) is 0 Å². The predicted molar refractivity (Wildman–Crippen MR) is 53.1 cm³/mol. The maximum atomic E-state index is 5.78. The second-order valence-electron chi connectivity index (χ2n) is 4.04. The molecule has 0 unspecified atom stereocenters. The van der Waals surface area contributed by atoms with E-state index in [9.17, 15) is 0 Å². The quantitative estimate of drug-likeness (QED) is 0.614. The number of hydrogen-bond donors (Lipinski definition) is 0. The summed E-state index contributed by atoms with van der Waals surface area (Å²) in [5.74, 6) is 1.96. The average molecular weight is 211 g/mol. The first-order valence-electron chi connectivity index (χ1n) is 4.40. The van der Waals surface area contributed by atoms with Crippen molar-refractivity contribution in [1.29, 1.82) is 0 Å². The van der Waals surface area contributed by atoms with Crippen molar-refractivity contribution in [1.82, 2.24) is 0 Å². The molecule has 1 nitrogen and oxygen atoms in total. The lowest BCUT2D eigenvalue weighted by Gasteiger charge is -2.23. The molecule has 0 saturated heterocycles. The van der Waals surface area contributed by atoms with Crippen LogP contribution in [0.4, 0.5) is 0 Å². The molecular formula is C9H16Cl2O. The van der Waals surface area contributed by atoms with Crippen LogP contribution in [0.1, 0.15) is 19.8 Å². The standard InChI is InChI=1S/C9H16Cl2O/c1-9(5-10,6-11)7-12-4-8-2-3-8/h8H,2-7H2,1H3. The van der Waals surface area contributed by atoms with Crippen molar-refractivity contribution in [3.63, 3.8) is 0 Å². The Balaban J connectivity index is 2.08. The Morgan fingerprint density at radius 1 is 1.33 bits per heavy atom. The third-order valence-electron chi connectivity index (χ3n) is 2.15. The topological polar surface area (TPSA) is 9.23 Å². The molecule has 0 aromatic carbocycles. The van der Waals surface area contributed by atoms with Gasteiger partial charge in [-0.2, -0.15) is 0 Å². The van der Waals surface area contributed by atoms with Crippen molar-refractivity contribution in [2.75, 3.05) is 25.0 Å². The maximum absolute atomic E-state index is 5.78. The molecule has 0 spiro atoms. The average Bonchev–Trinajstić information content (AvgIpc) is 2.88. The van der Waals surface area contributed by atoms with Crippen LogP contribution in [0.2, 0.25) is 0 Å². The van der Waals surface area contributed by atoms with Crippen LogP contribution < -0.4 is 0 Å². The van der Waals surface area contributed by atoms with Gasteiger partial charge < -0.3 is 4.74 Å². The van der Waals surface area contributed by atoms with Crippen LogP contribution in [-0.2, 0) is 4.74 Å². The second kappa shape index (κ2) is 4.69. The smallest absolute Gasteiger partial charge is 0.0542 e. The number of alkyl halides is 2. The molecule has 12 heavy (non-hydrogen) atoms. The lowest BCUT2D eigenvalue weighted by Crippen LogP contribution is -2.27. The van der Waals surface area contributed by atoms with E-state index in [1.807, 2.05) is 0 Å². The Hall–Kier alpha value is 0.540. The van der Waals surface area contributed by atoms with Gasteiger partial charge in [-0.15, -0.1) is 23.2 Å². The summed E-state index contributed by atoms with van der Waals surface area (Å²) in [6.07, 6.45) is 2.66. The minimum atomic E-state index is -0.0436. The molecule has 0 aromatic rings. The van der Waals surface area contributed by atoms with E-state index in [0.717, 1.165) is 12.5 Å². The fourth-order valence-electron chi connectivity index (χ4n) is 0.869. The molecule has 0 heterocycles. The van der Waals surface area contributed by atoms with Crippen molar-refractivity contribution in [3.8, 4) is 0 Å². The van der Waals surface area contributed by atoms with Gasteiger partial charge in [0.2, 0.25) is 0 Å². The van der Waals surface area contributed by atoms with E-state index in [0.29, 0.717) is 18.4 Å². The van der Waals surface area contributed by atoms with Gasteiger partial charge in [0.1, 0.15) is 0 Å². The van der Waals surface area contributed by atoms with Crippen molar-refractivity contribution in [2.24, 2.45) is 11.3 Å². The van der Waals surface area contributed by atoms with Crippen LogP contribution in [-0.4, -0.2) is 25.0 Å². The highest BCUT2D eigenvalue weighted by molar-refractivity contribution is 6.21. The molecule has 0 radical (unpaired) electrons. The largest absolute Gasteiger partial charge is 0.381 e. The predicted octanol–water partition coefficient (Wildman–Crippen LogP) is 2.90. The molecule has 72 valence electrons. The van der Waals surface area contributed by atoms with E-state index in [4.69, 9.17) is 27.9 Å². The lowest BCUT2D eigenvalue weighted by molar-refractivity contribution is 0.0673. The van der Waals surface area contributed by atoms with E-state index in [-0.39, 0.29) is 5.41 Å². The molecule has 1 rings (SSSR count). The minimum Gasteiger partial charge on any atom is -0.381 e. The zero-order valence-corrected chi connectivity index (χ0v) is 9.00. The SMILES string of the molecule is CC(CCl)(CCl)COCC1CC1. The zero-order chi connectivity index (χ0) is 9.03. The summed E-state index contributed by atoms with van der Waals surface area (Å²) in [7, 11) is 0. The van der Waals surface area contributed by atoms with Gasteiger partial charge in [-0.05, 0) is 18.8 Å². The lowest BCUT2D eigenvalue weighted by atomic mass is 9.98. The fourth-order valence-corrected chi connectivity index (χ4v) is 1.31. The van der Waals surface area contributed by atoms with Crippen LogP contribution in [0, 0.1) is 11.3 Å². The van der Waals surface area contributed by atoms with Crippen LogP contribution in [0.15, 0.2) is 0 Å². The van der Waals surface area contributed by atoms with Gasteiger partial charge in [-0.1, -0.05) is 6.92 Å². The summed E-state index contributed by atoms with van der Waals surface area (Å²) in [5, 5.41) is 0. The molecule has 0 aliphatic heterocycles. The highest BCUT2D eigenvalue weighted by Crippen LogP contribution is 2.30. The first kappa shape index (κ1) is 10.6. The van der Waals surface area contributed by atoms with E-state index >= 15 is 0 Å². The molecule has 0 aromatic heterocycles. The van der Waals surface area contributed by atoms with E-state index in [1.54, 1.807) is 0 Å². The highest BCUT2D eigenvalue weighted by atomic mass is 35.5. The van der Waals surface area contributed by atoms with Gasteiger partial charge in [0.05, 0.1) is 6.61 Å². The third kappa shape index (κ3) is 3.51. The maximum Gasteiger partial charge on any atom is 0.0542 e. The van der Waals surface area contributed by atoms with Crippen LogP contribution in [0.5, 0.6) is 0 Å². The van der Waals surface area contributed by atoms with E-state index in [2.05, 4.69) is 6.92 Å². The van der Waals surface area contributed by atoms with Gasteiger partial charge in [0, 0.05) is 23.8 Å². The van der Waals surface area contributed by atoms with Gasteiger partial charge >= 0.3 is 0 Å². The molecule has 1 aliphatic rings.